The first-order valence-electron chi connectivity index (χ1n) is 28.9. The molecule has 0 saturated carbocycles. The normalized spacial score (nSPS) is 19.7. The predicted molar refractivity (Wildman–Crippen MR) is 307 cm³/mol. The minimum Gasteiger partial charge on any atom is -0.480 e. The molecule has 2 spiro atoms. The van der Waals surface area contributed by atoms with Crippen LogP contribution in [0.4, 0.5) is 0 Å². The van der Waals surface area contributed by atoms with Crippen LogP contribution < -0.4 is 0 Å². The molecule has 4 aliphatic rings. The van der Waals surface area contributed by atoms with E-state index in [2.05, 4.69) is 145 Å². The number of piperidine rings is 2. The third kappa shape index (κ3) is 16.3. The Morgan fingerprint density at radius 2 is 0.797 bits per heavy atom. The molecule has 4 aromatic heterocycles. The van der Waals surface area contributed by atoms with E-state index in [0.717, 1.165) is 114 Å². The number of H-pyrrole nitrogens is 4. The molecule has 4 aliphatic heterocycles. The second kappa shape index (κ2) is 28.8. The van der Waals surface area contributed by atoms with Crippen LogP contribution in [0.1, 0.15) is 137 Å². The number of hydrogen-bond acceptors (Lipinski definition) is 12. The predicted octanol–water partition coefficient (Wildman–Crippen LogP) is 8.15. The van der Waals surface area contributed by atoms with Gasteiger partial charge in [0, 0.05) is 139 Å². The van der Waals surface area contributed by atoms with E-state index in [-0.39, 0.29) is 48.6 Å². The van der Waals surface area contributed by atoms with E-state index in [4.69, 9.17) is 0 Å². The van der Waals surface area contributed by atoms with Gasteiger partial charge in [0.05, 0.1) is 26.2 Å². The molecule has 79 heavy (non-hydrogen) atoms. The van der Waals surface area contributed by atoms with Crippen molar-refractivity contribution in [3.05, 3.63) is 144 Å². The Hall–Kier alpha value is -4.76. The van der Waals surface area contributed by atoms with Crippen molar-refractivity contribution in [1.29, 1.82) is 0 Å². The number of aromatic amines is 4. The van der Waals surface area contributed by atoms with Crippen LogP contribution in [0.5, 0.6) is 0 Å². The molecule has 6 N–H and O–H groups in total. The molecule has 2 radical (unpaired) electrons. The number of likely N-dealkylation sites (tertiary alicyclic amines) is 4. The van der Waals surface area contributed by atoms with Gasteiger partial charge in [-0.3, -0.25) is 29.2 Å². The summed E-state index contributed by atoms with van der Waals surface area (Å²) in [5.41, 5.74) is 5.00. The van der Waals surface area contributed by atoms with Crippen molar-refractivity contribution in [3.63, 3.8) is 0 Å². The van der Waals surface area contributed by atoms with Crippen molar-refractivity contribution in [3.8, 4) is 0 Å². The topological polar surface area (TPSA) is 209 Å². The number of nitrogens with zero attached hydrogens (tertiary/aromatic N) is 10. The number of imidazole rings is 4. The minimum absolute atomic E-state index is 0. The van der Waals surface area contributed by atoms with Gasteiger partial charge in [0.2, 0.25) is 0 Å². The number of rotatable bonds is 24. The van der Waals surface area contributed by atoms with Crippen molar-refractivity contribution in [1.82, 2.24) is 69.3 Å². The second-order valence-corrected chi connectivity index (χ2v) is 23.0. The van der Waals surface area contributed by atoms with Crippen LogP contribution in [-0.4, -0.2) is 193 Å². The third-order valence-corrected chi connectivity index (χ3v) is 17.8. The van der Waals surface area contributed by atoms with Gasteiger partial charge in [0.25, 0.3) is 0 Å². The van der Waals surface area contributed by atoms with Gasteiger partial charge in [0.15, 0.2) is 0 Å². The Labute approximate surface area is 497 Å². The maximum absolute atomic E-state index is 12.3. The first kappa shape index (κ1) is 60.3. The van der Waals surface area contributed by atoms with Crippen LogP contribution in [0.3, 0.4) is 0 Å². The fourth-order valence-corrected chi connectivity index (χ4v) is 13.4. The summed E-state index contributed by atoms with van der Waals surface area (Å²) in [6.07, 6.45) is 25.2. The molecule has 2 aromatic carbocycles. The molecule has 4 fully saturated rings. The minimum atomic E-state index is -0.683. The molecule has 10 rings (SSSR count). The zero-order valence-corrected chi connectivity index (χ0v) is 49.6. The van der Waals surface area contributed by atoms with E-state index in [1.54, 1.807) is 24.8 Å². The van der Waals surface area contributed by atoms with Crippen molar-refractivity contribution >= 4 is 49.7 Å². The van der Waals surface area contributed by atoms with Crippen LogP contribution in [-0.2, 0) is 61.9 Å². The average molecular weight is 1110 g/mol. The zero-order valence-electron chi connectivity index (χ0n) is 47.4. The summed E-state index contributed by atoms with van der Waals surface area (Å²) in [6.45, 7) is 20.9. The van der Waals surface area contributed by atoms with Gasteiger partial charge in [-0.05, 0) is 123 Å². The smallest absolute Gasteiger partial charge is 0.320 e. The average Bonchev–Trinajstić information content (AvgIpc) is 4.46. The summed E-state index contributed by atoms with van der Waals surface area (Å²) in [4.78, 5) is 69.1. The van der Waals surface area contributed by atoms with E-state index in [1.807, 2.05) is 24.8 Å². The summed E-state index contributed by atoms with van der Waals surface area (Å²) in [7, 11) is 0. The molecule has 18 nitrogen and oxygen atoms in total. The molecule has 6 aromatic rings. The first-order valence-corrected chi connectivity index (χ1v) is 28.9. The van der Waals surface area contributed by atoms with Gasteiger partial charge in [0.1, 0.15) is 35.4 Å². The molecule has 0 bridgehead atoms. The molecule has 0 amide bonds. The van der Waals surface area contributed by atoms with Crippen molar-refractivity contribution in [2.45, 2.75) is 168 Å². The first-order chi connectivity index (χ1) is 37.9. The summed E-state index contributed by atoms with van der Waals surface area (Å²) in [6, 6.07) is 17.8. The van der Waals surface area contributed by atoms with Gasteiger partial charge in [-0.25, -0.2) is 19.9 Å². The van der Waals surface area contributed by atoms with E-state index >= 15 is 0 Å². The summed E-state index contributed by atoms with van der Waals surface area (Å²) in [5, 5.41) is 20.1. The number of benzene rings is 2. The second-order valence-electron chi connectivity index (χ2n) is 23.0. The SMILES string of the molecule is CCC(CC)N1CCC2(CC1)C[C@@H](C(=O)O)N(Cc1ccc(CN(Cc3ncc[nH]3)Cc3ncc[nH]3)cc1)C2.CCC(CC)N1CCC2(CC1)C[C@@H](C(=O)O)N(Cc1ccc(CN(Cc3ncc[nH]3)Cc3ncc[nH]3)cc1)C2.[Ca]. The Morgan fingerprint density at radius 3 is 1.05 bits per heavy atom. The number of aromatic nitrogens is 8. The fourth-order valence-electron chi connectivity index (χ4n) is 13.4. The molecule has 422 valence electrons. The van der Waals surface area contributed by atoms with Crippen molar-refractivity contribution < 1.29 is 19.8 Å². The maximum Gasteiger partial charge on any atom is 0.320 e. The molecule has 8 heterocycles. The van der Waals surface area contributed by atoms with Gasteiger partial charge >= 0.3 is 11.9 Å². The monoisotopic (exact) mass is 1110 g/mol. The molecule has 4 saturated heterocycles. The van der Waals surface area contributed by atoms with Gasteiger partial charge in [-0.1, -0.05) is 76.2 Å². The largest absolute Gasteiger partial charge is 0.480 e. The van der Waals surface area contributed by atoms with Crippen LogP contribution in [0.15, 0.2) is 98.1 Å². The van der Waals surface area contributed by atoms with Gasteiger partial charge < -0.3 is 39.9 Å². The van der Waals surface area contributed by atoms with E-state index < -0.39 is 24.0 Å². The van der Waals surface area contributed by atoms with E-state index in [0.29, 0.717) is 51.4 Å². The summed E-state index contributed by atoms with van der Waals surface area (Å²) >= 11 is 0. The number of carboxylic acid groups (broad SMARTS) is 2. The molecule has 0 unspecified atom stereocenters. The van der Waals surface area contributed by atoms with Crippen LogP contribution in [0.2, 0.25) is 0 Å². The van der Waals surface area contributed by atoms with Crippen LogP contribution in [0.25, 0.3) is 0 Å². The van der Waals surface area contributed by atoms with E-state index in [9.17, 15) is 19.8 Å². The third-order valence-electron chi connectivity index (χ3n) is 17.8. The molecular weight excluding hydrogens is 1020 g/mol. The fraction of sp³-hybridized carbons (Fsp3) is 0.567. The van der Waals surface area contributed by atoms with Gasteiger partial charge in [-0.15, -0.1) is 0 Å². The number of carbonyl (C=O) groups is 2. The summed E-state index contributed by atoms with van der Waals surface area (Å²) < 4.78 is 0. The number of aliphatic carboxylic acids is 2. The van der Waals surface area contributed by atoms with E-state index in [1.165, 1.54) is 47.9 Å². The molecular formula is C60H86CaN14O4. The number of hydrogen-bond donors (Lipinski definition) is 6. The molecule has 0 aliphatic carbocycles. The Bertz CT molecular complexity index is 2420. The van der Waals surface area contributed by atoms with Crippen LogP contribution >= 0.6 is 0 Å². The van der Waals surface area contributed by atoms with Crippen molar-refractivity contribution in [2.24, 2.45) is 10.8 Å². The Balaban J connectivity index is 0.000000205. The van der Waals surface area contributed by atoms with Crippen molar-refractivity contribution in [2.75, 3.05) is 39.3 Å². The zero-order chi connectivity index (χ0) is 54.5. The molecule has 19 heteroatoms. The summed E-state index contributed by atoms with van der Waals surface area (Å²) in [5.74, 6) is 2.33. The molecule has 2 atom stereocenters. The quantitative estimate of drug-likeness (QED) is 0.0316. The Morgan fingerprint density at radius 1 is 0.506 bits per heavy atom. The standard InChI is InChI=1S/2C30H43N7O2.Ca/c2*1-3-25(4-2)36-15-9-30(10-16-36)17-26(29(38)39)37(22-30)19-24-7-5-23(6-8-24)18-35(20-27-31-11-12-32-27)21-28-33-13-14-34-28;/h2*5-8,11-14,25-26H,3-4,9-10,15-22H2,1-2H3,(H,31,32)(H,33,34)(H,38,39);/t2*26-;/m00./s1. The van der Waals surface area contributed by atoms with Crippen LogP contribution in [0, 0.1) is 10.8 Å². The maximum atomic E-state index is 12.3. The van der Waals surface area contributed by atoms with Gasteiger partial charge in [-0.2, -0.15) is 0 Å². The Kier molecular flexibility index (Phi) is 22.0. The number of nitrogens with one attached hydrogen (secondary N) is 4. The number of carboxylic acids is 2.